The average molecular weight is 250 g/mol. The SMILES string of the molecule is CC(C)(C)OC(=O)Nc1ccc(C(C)(C)C)cn1. The molecule has 1 rings (SSSR count). The Bertz CT molecular complexity index is 411. The van der Waals surface area contributed by atoms with Gasteiger partial charge in [0.15, 0.2) is 0 Å². The van der Waals surface area contributed by atoms with Gasteiger partial charge in [0.05, 0.1) is 0 Å². The van der Waals surface area contributed by atoms with Crippen molar-refractivity contribution in [1.82, 2.24) is 4.98 Å². The van der Waals surface area contributed by atoms with Gasteiger partial charge < -0.3 is 4.74 Å². The monoisotopic (exact) mass is 250 g/mol. The Balaban J connectivity index is 2.67. The summed E-state index contributed by atoms with van der Waals surface area (Å²) < 4.78 is 5.15. The van der Waals surface area contributed by atoms with E-state index < -0.39 is 11.7 Å². The van der Waals surface area contributed by atoms with Crippen LogP contribution in [0.3, 0.4) is 0 Å². The largest absolute Gasteiger partial charge is 0.444 e. The molecule has 0 unspecified atom stereocenters. The zero-order valence-electron chi connectivity index (χ0n) is 12.0. The summed E-state index contributed by atoms with van der Waals surface area (Å²) in [6.07, 6.45) is 1.28. The van der Waals surface area contributed by atoms with E-state index in [1.165, 1.54) is 0 Å². The fourth-order valence-electron chi connectivity index (χ4n) is 1.32. The third kappa shape index (κ3) is 4.73. The number of carbonyl (C=O) groups is 1. The Hall–Kier alpha value is -1.58. The summed E-state index contributed by atoms with van der Waals surface area (Å²) in [5.41, 5.74) is 0.671. The van der Waals surface area contributed by atoms with Gasteiger partial charge >= 0.3 is 6.09 Å². The number of hydrogen-bond donors (Lipinski definition) is 1. The summed E-state index contributed by atoms with van der Waals surface area (Å²) in [6.45, 7) is 11.8. The van der Waals surface area contributed by atoms with Gasteiger partial charge in [0, 0.05) is 6.20 Å². The topological polar surface area (TPSA) is 51.2 Å². The molecular weight excluding hydrogens is 228 g/mol. The van der Waals surface area contributed by atoms with E-state index in [0.717, 1.165) is 5.56 Å². The first-order chi connectivity index (χ1) is 8.08. The van der Waals surface area contributed by atoms with Crippen molar-refractivity contribution < 1.29 is 9.53 Å². The maximum absolute atomic E-state index is 11.5. The summed E-state index contributed by atoms with van der Waals surface area (Å²) in [6, 6.07) is 3.74. The smallest absolute Gasteiger partial charge is 0.413 e. The lowest BCUT2D eigenvalue weighted by molar-refractivity contribution is 0.0635. The molecular formula is C14H22N2O2. The molecule has 0 aromatic carbocycles. The van der Waals surface area contributed by atoms with Gasteiger partial charge in [-0.1, -0.05) is 26.8 Å². The fourth-order valence-corrected chi connectivity index (χ4v) is 1.32. The number of amides is 1. The van der Waals surface area contributed by atoms with Crippen LogP contribution in [0.15, 0.2) is 18.3 Å². The number of nitrogens with one attached hydrogen (secondary N) is 1. The molecule has 0 bridgehead atoms. The number of ether oxygens (including phenoxy) is 1. The van der Waals surface area contributed by atoms with E-state index in [9.17, 15) is 4.79 Å². The number of hydrogen-bond acceptors (Lipinski definition) is 3. The van der Waals surface area contributed by atoms with Gasteiger partial charge in [0.2, 0.25) is 0 Å². The van der Waals surface area contributed by atoms with Crippen molar-refractivity contribution in [1.29, 1.82) is 0 Å². The first kappa shape index (κ1) is 14.5. The highest BCUT2D eigenvalue weighted by molar-refractivity contribution is 5.83. The highest BCUT2D eigenvalue weighted by Gasteiger charge is 2.17. The molecule has 1 heterocycles. The Kier molecular flexibility index (Phi) is 3.99. The summed E-state index contributed by atoms with van der Waals surface area (Å²) in [4.78, 5) is 15.7. The van der Waals surface area contributed by atoms with E-state index in [4.69, 9.17) is 4.74 Å². The van der Waals surface area contributed by atoms with E-state index in [2.05, 4.69) is 31.1 Å². The van der Waals surface area contributed by atoms with Crippen molar-refractivity contribution in [3.05, 3.63) is 23.9 Å². The van der Waals surface area contributed by atoms with Crippen LogP contribution in [0.25, 0.3) is 0 Å². The fraction of sp³-hybridized carbons (Fsp3) is 0.571. The van der Waals surface area contributed by atoms with Gasteiger partial charge in [-0.25, -0.2) is 9.78 Å². The second-order valence-corrected chi connectivity index (χ2v) is 6.31. The second kappa shape index (κ2) is 4.96. The zero-order valence-corrected chi connectivity index (χ0v) is 12.0. The van der Waals surface area contributed by atoms with Gasteiger partial charge in [0.25, 0.3) is 0 Å². The van der Waals surface area contributed by atoms with Crippen molar-refractivity contribution >= 4 is 11.9 Å². The van der Waals surface area contributed by atoms with Crippen LogP contribution in [0.2, 0.25) is 0 Å². The highest BCUT2D eigenvalue weighted by Crippen LogP contribution is 2.22. The van der Waals surface area contributed by atoms with Crippen LogP contribution in [-0.4, -0.2) is 16.7 Å². The number of aromatic nitrogens is 1. The van der Waals surface area contributed by atoms with Crippen LogP contribution in [0.5, 0.6) is 0 Å². The highest BCUT2D eigenvalue weighted by atomic mass is 16.6. The first-order valence-corrected chi connectivity index (χ1v) is 6.04. The summed E-state index contributed by atoms with van der Waals surface area (Å²) in [5, 5.41) is 2.60. The zero-order chi connectivity index (χ0) is 14.0. The Morgan fingerprint density at radius 2 is 1.78 bits per heavy atom. The normalized spacial score (nSPS) is 12.1. The molecule has 18 heavy (non-hydrogen) atoms. The molecule has 0 atom stereocenters. The average Bonchev–Trinajstić information content (AvgIpc) is 2.13. The molecule has 4 heteroatoms. The molecule has 0 aliphatic carbocycles. The van der Waals surface area contributed by atoms with Gasteiger partial charge in [-0.2, -0.15) is 0 Å². The van der Waals surface area contributed by atoms with Gasteiger partial charge in [-0.15, -0.1) is 0 Å². The van der Waals surface area contributed by atoms with Crippen molar-refractivity contribution in [3.8, 4) is 0 Å². The molecule has 0 saturated carbocycles. The minimum Gasteiger partial charge on any atom is -0.444 e. The number of pyridine rings is 1. The molecule has 1 amide bonds. The van der Waals surface area contributed by atoms with Crippen molar-refractivity contribution in [2.75, 3.05) is 5.32 Å². The van der Waals surface area contributed by atoms with Crippen LogP contribution in [0.1, 0.15) is 47.1 Å². The third-order valence-corrected chi connectivity index (χ3v) is 2.26. The van der Waals surface area contributed by atoms with Gasteiger partial charge in [-0.05, 0) is 37.8 Å². The predicted octanol–water partition coefficient (Wildman–Crippen LogP) is 3.73. The molecule has 0 fully saturated rings. The number of carbonyl (C=O) groups excluding carboxylic acids is 1. The summed E-state index contributed by atoms with van der Waals surface area (Å²) >= 11 is 0. The first-order valence-electron chi connectivity index (χ1n) is 6.04. The van der Waals surface area contributed by atoms with Crippen LogP contribution in [-0.2, 0) is 10.2 Å². The molecule has 0 aliphatic rings. The lowest BCUT2D eigenvalue weighted by Crippen LogP contribution is -2.27. The number of nitrogens with zero attached hydrogens (tertiary/aromatic N) is 1. The predicted molar refractivity (Wildman–Crippen MR) is 72.8 cm³/mol. The lowest BCUT2D eigenvalue weighted by atomic mass is 9.88. The number of rotatable bonds is 1. The molecule has 0 spiro atoms. The Morgan fingerprint density at radius 3 is 2.17 bits per heavy atom. The van der Waals surface area contributed by atoms with E-state index in [1.54, 1.807) is 12.3 Å². The van der Waals surface area contributed by atoms with Crippen molar-refractivity contribution in [2.24, 2.45) is 0 Å². The quantitative estimate of drug-likeness (QED) is 0.826. The summed E-state index contributed by atoms with van der Waals surface area (Å²) in [7, 11) is 0. The molecule has 0 aliphatic heterocycles. The third-order valence-electron chi connectivity index (χ3n) is 2.26. The van der Waals surface area contributed by atoms with E-state index in [1.807, 2.05) is 26.8 Å². The second-order valence-electron chi connectivity index (χ2n) is 6.31. The van der Waals surface area contributed by atoms with Crippen LogP contribution >= 0.6 is 0 Å². The standard InChI is InChI=1S/C14H22N2O2/c1-13(2,3)10-7-8-11(15-9-10)16-12(17)18-14(4,5)6/h7-9H,1-6H3,(H,15,16,17). The minimum atomic E-state index is -0.505. The van der Waals surface area contributed by atoms with E-state index >= 15 is 0 Å². The molecule has 1 aromatic rings. The van der Waals surface area contributed by atoms with E-state index in [-0.39, 0.29) is 5.41 Å². The molecule has 100 valence electrons. The van der Waals surface area contributed by atoms with E-state index in [0.29, 0.717) is 5.82 Å². The van der Waals surface area contributed by atoms with Crippen molar-refractivity contribution in [3.63, 3.8) is 0 Å². The van der Waals surface area contributed by atoms with Crippen LogP contribution < -0.4 is 5.32 Å². The van der Waals surface area contributed by atoms with Crippen LogP contribution in [0.4, 0.5) is 10.6 Å². The minimum absolute atomic E-state index is 0.0530. The van der Waals surface area contributed by atoms with Gasteiger partial charge in [-0.3, -0.25) is 5.32 Å². The maximum atomic E-state index is 11.5. The Labute approximate surface area is 109 Å². The maximum Gasteiger partial charge on any atom is 0.413 e. The number of anilines is 1. The summed E-state index contributed by atoms with van der Waals surface area (Å²) in [5.74, 6) is 0.497. The van der Waals surface area contributed by atoms with Gasteiger partial charge in [0.1, 0.15) is 11.4 Å². The molecule has 0 radical (unpaired) electrons. The lowest BCUT2D eigenvalue weighted by Gasteiger charge is -2.20. The Morgan fingerprint density at radius 1 is 1.17 bits per heavy atom. The van der Waals surface area contributed by atoms with Crippen LogP contribution in [0, 0.1) is 0 Å². The molecule has 0 saturated heterocycles. The van der Waals surface area contributed by atoms with Crippen molar-refractivity contribution in [2.45, 2.75) is 52.6 Å². The molecule has 1 N–H and O–H groups in total. The molecule has 4 nitrogen and oxygen atoms in total. The molecule has 1 aromatic heterocycles.